The van der Waals surface area contributed by atoms with Crippen LogP contribution in [0.15, 0.2) is 47.4 Å². The summed E-state index contributed by atoms with van der Waals surface area (Å²) in [5.74, 6) is 0.353. The number of hydrogen-bond donors (Lipinski definition) is 2. The quantitative estimate of drug-likeness (QED) is 0.653. The first-order valence-corrected chi connectivity index (χ1v) is 7.91. The molecule has 2 rings (SSSR count). The highest BCUT2D eigenvalue weighted by Crippen LogP contribution is 2.24. The molecule has 5 heteroatoms. The maximum Gasteiger partial charge on any atom is 0.230 e. The van der Waals surface area contributed by atoms with Gasteiger partial charge in [0.25, 0.3) is 0 Å². The topological polar surface area (TPSA) is 55.1 Å². The van der Waals surface area contributed by atoms with Crippen LogP contribution in [0.5, 0.6) is 0 Å². The minimum absolute atomic E-state index is 0.0175. The number of benzene rings is 2. The van der Waals surface area contributed by atoms with Gasteiger partial charge in [0, 0.05) is 22.2 Å². The molecule has 0 aliphatic heterocycles. The third kappa shape index (κ3) is 4.69. The zero-order chi connectivity index (χ0) is 15.2. The van der Waals surface area contributed by atoms with Gasteiger partial charge < -0.3 is 11.1 Å². The highest BCUT2D eigenvalue weighted by Gasteiger charge is 2.06. The number of rotatable bonds is 5. The van der Waals surface area contributed by atoms with Crippen LogP contribution in [0, 0.1) is 6.92 Å². The summed E-state index contributed by atoms with van der Waals surface area (Å²) in [5, 5.41) is 3.54. The zero-order valence-electron chi connectivity index (χ0n) is 11.7. The Balaban J connectivity index is 1.84. The standard InChI is InChI=1S/C16H17ClN2OS/c1-11-8-13(18)6-7-15(11)21-10-16(20)19-9-12-4-2-3-5-14(12)17/h2-8H,9-10,18H2,1H3,(H,19,20). The van der Waals surface area contributed by atoms with E-state index in [0.29, 0.717) is 17.3 Å². The van der Waals surface area contributed by atoms with E-state index in [-0.39, 0.29) is 5.91 Å². The fourth-order valence-corrected chi connectivity index (χ4v) is 2.91. The summed E-state index contributed by atoms with van der Waals surface area (Å²) in [6, 6.07) is 13.2. The molecule has 0 radical (unpaired) electrons. The molecule has 0 spiro atoms. The van der Waals surface area contributed by atoms with Gasteiger partial charge in [0.2, 0.25) is 5.91 Å². The van der Waals surface area contributed by atoms with E-state index >= 15 is 0 Å². The predicted octanol–water partition coefficient (Wildman–Crippen LogP) is 3.64. The Labute approximate surface area is 133 Å². The van der Waals surface area contributed by atoms with Crippen molar-refractivity contribution < 1.29 is 4.79 Å². The zero-order valence-corrected chi connectivity index (χ0v) is 13.3. The van der Waals surface area contributed by atoms with Gasteiger partial charge >= 0.3 is 0 Å². The van der Waals surface area contributed by atoms with Gasteiger partial charge in [0.1, 0.15) is 0 Å². The molecule has 0 unspecified atom stereocenters. The second kappa shape index (κ2) is 7.38. The van der Waals surface area contributed by atoms with Crippen LogP contribution in [0.25, 0.3) is 0 Å². The summed E-state index contributed by atoms with van der Waals surface area (Å²) in [6.45, 7) is 2.43. The van der Waals surface area contributed by atoms with Crippen molar-refractivity contribution in [3.8, 4) is 0 Å². The van der Waals surface area contributed by atoms with Crippen molar-refractivity contribution in [3.05, 3.63) is 58.6 Å². The molecule has 0 saturated heterocycles. The molecule has 0 aliphatic carbocycles. The molecule has 3 nitrogen and oxygen atoms in total. The van der Waals surface area contributed by atoms with Crippen LogP contribution >= 0.6 is 23.4 Å². The summed E-state index contributed by atoms with van der Waals surface area (Å²) >= 11 is 7.55. The molecule has 2 aromatic rings. The summed E-state index contributed by atoms with van der Waals surface area (Å²) < 4.78 is 0. The monoisotopic (exact) mass is 320 g/mol. The van der Waals surface area contributed by atoms with E-state index in [1.165, 1.54) is 11.8 Å². The van der Waals surface area contributed by atoms with Crippen molar-refractivity contribution in [1.29, 1.82) is 0 Å². The highest BCUT2D eigenvalue weighted by atomic mass is 35.5. The lowest BCUT2D eigenvalue weighted by Crippen LogP contribution is -2.24. The van der Waals surface area contributed by atoms with Crippen molar-refractivity contribution in [2.45, 2.75) is 18.4 Å². The number of hydrogen-bond acceptors (Lipinski definition) is 3. The Morgan fingerprint density at radius 3 is 2.76 bits per heavy atom. The SMILES string of the molecule is Cc1cc(N)ccc1SCC(=O)NCc1ccccc1Cl. The van der Waals surface area contributed by atoms with Crippen LogP contribution in [0.1, 0.15) is 11.1 Å². The number of nitrogen functional groups attached to an aromatic ring is 1. The lowest BCUT2D eigenvalue weighted by molar-refractivity contribution is -0.118. The third-order valence-electron chi connectivity index (χ3n) is 2.99. The van der Waals surface area contributed by atoms with Gasteiger partial charge in [0.05, 0.1) is 5.75 Å². The smallest absolute Gasteiger partial charge is 0.230 e. The second-order valence-electron chi connectivity index (χ2n) is 4.68. The van der Waals surface area contributed by atoms with E-state index in [2.05, 4.69) is 5.32 Å². The first-order chi connectivity index (χ1) is 10.1. The highest BCUT2D eigenvalue weighted by molar-refractivity contribution is 8.00. The average Bonchev–Trinajstić information content (AvgIpc) is 2.45. The van der Waals surface area contributed by atoms with Gasteiger partial charge in [-0.05, 0) is 42.3 Å². The molecule has 0 heterocycles. The molecule has 3 N–H and O–H groups in total. The van der Waals surface area contributed by atoms with E-state index in [9.17, 15) is 4.79 Å². The normalized spacial score (nSPS) is 10.4. The summed E-state index contributed by atoms with van der Waals surface area (Å²) in [7, 11) is 0. The number of halogens is 1. The summed E-state index contributed by atoms with van der Waals surface area (Å²) in [6.07, 6.45) is 0. The molecule has 0 aliphatic rings. The van der Waals surface area contributed by atoms with Gasteiger partial charge in [-0.1, -0.05) is 29.8 Å². The third-order valence-corrected chi connectivity index (χ3v) is 4.54. The second-order valence-corrected chi connectivity index (χ2v) is 6.11. The first-order valence-electron chi connectivity index (χ1n) is 6.55. The molecule has 110 valence electrons. The molecule has 0 aromatic heterocycles. The Morgan fingerprint density at radius 2 is 2.05 bits per heavy atom. The van der Waals surface area contributed by atoms with Gasteiger partial charge in [0.15, 0.2) is 0 Å². The molecule has 2 aromatic carbocycles. The van der Waals surface area contributed by atoms with E-state index in [1.54, 1.807) is 0 Å². The molecule has 0 bridgehead atoms. The van der Waals surface area contributed by atoms with Crippen molar-refractivity contribution in [1.82, 2.24) is 5.32 Å². The molecule has 0 atom stereocenters. The Hall–Kier alpha value is -1.65. The van der Waals surface area contributed by atoms with Crippen LogP contribution < -0.4 is 11.1 Å². The Morgan fingerprint density at radius 1 is 1.29 bits per heavy atom. The van der Waals surface area contributed by atoms with Gasteiger partial charge in [-0.25, -0.2) is 0 Å². The minimum atomic E-state index is -0.0175. The summed E-state index contributed by atoms with van der Waals surface area (Å²) in [4.78, 5) is 12.9. The first kappa shape index (κ1) is 15.7. The van der Waals surface area contributed by atoms with E-state index < -0.39 is 0 Å². The van der Waals surface area contributed by atoms with Crippen LogP contribution in [-0.2, 0) is 11.3 Å². The number of nitrogens with two attached hydrogens (primary N) is 1. The predicted molar refractivity (Wildman–Crippen MR) is 89.6 cm³/mol. The van der Waals surface area contributed by atoms with Gasteiger partial charge in [-0.3, -0.25) is 4.79 Å². The molecular formula is C16H17ClN2OS. The number of aryl methyl sites for hydroxylation is 1. The van der Waals surface area contributed by atoms with E-state index in [1.807, 2.05) is 49.4 Å². The van der Waals surface area contributed by atoms with Crippen molar-refractivity contribution in [3.63, 3.8) is 0 Å². The van der Waals surface area contributed by atoms with E-state index in [4.69, 9.17) is 17.3 Å². The van der Waals surface area contributed by atoms with E-state index in [0.717, 1.165) is 21.7 Å². The Kier molecular flexibility index (Phi) is 5.53. The molecule has 1 amide bonds. The van der Waals surface area contributed by atoms with Crippen LogP contribution in [-0.4, -0.2) is 11.7 Å². The number of carbonyl (C=O) groups excluding carboxylic acids is 1. The Bertz CT molecular complexity index is 646. The van der Waals surface area contributed by atoms with Crippen LogP contribution in [0.2, 0.25) is 5.02 Å². The summed E-state index contributed by atoms with van der Waals surface area (Å²) in [5.41, 5.74) is 8.44. The van der Waals surface area contributed by atoms with Gasteiger partial charge in [-0.2, -0.15) is 0 Å². The molecule has 21 heavy (non-hydrogen) atoms. The minimum Gasteiger partial charge on any atom is -0.399 e. The number of thioether (sulfide) groups is 1. The molecule has 0 fully saturated rings. The van der Waals surface area contributed by atoms with Gasteiger partial charge in [-0.15, -0.1) is 11.8 Å². The number of carbonyl (C=O) groups is 1. The van der Waals surface area contributed by atoms with Crippen LogP contribution in [0.4, 0.5) is 5.69 Å². The fraction of sp³-hybridized carbons (Fsp3) is 0.188. The number of anilines is 1. The maximum atomic E-state index is 11.9. The van der Waals surface area contributed by atoms with Crippen molar-refractivity contribution in [2.75, 3.05) is 11.5 Å². The average molecular weight is 321 g/mol. The molecule has 0 saturated carbocycles. The molecular weight excluding hydrogens is 304 g/mol. The largest absolute Gasteiger partial charge is 0.399 e. The fourth-order valence-electron chi connectivity index (χ4n) is 1.86. The van der Waals surface area contributed by atoms with Crippen molar-refractivity contribution in [2.24, 2.45) is 0 Å². The number of amides is 1. The van der Waals surface area contributed by atoms with Crippen LogP contribution in [0.3, 0.4) is 0 Å². The van der Waals surface area contributed by atoms with Crippen molar-refractivity contribution >= 4 is 35.0 Å². The number of nitrogens with one attached hydrogen (secondary N) is 1. The lowest BCUT2D eigenvalue weighted by Gasteiger charge is -2.08. The maximum absolute atomic E-state index is 11.9. The lowest BCUT2D eigenvalue weighted by atomic mass is 10.2.